The summed E-state index contributed by atoms with van der Waals surface area (Å²) in [5.41, 5.74) is 1.05. The van der Waals surface area contributed by atoms with Crippen molar-refractivity contribution in [3.63, 3.8) is 0 Å². The Morgan fingerprint density at radius 2 is 1.81 bits per heavy atom. The molecule has 3 nitrogen and oxygen atoms in total. The average Bonchev–Trinajstić information content (AvgIpc) is 2.17. The standard InChI is InChI=1S/C11H17NO2S2/c1-9(2)8-12-15-16(13,14)11-6-4-10(3)5-7-11/h4-7,9,12H,8H2,1-3H3. The highest BCUT2D eigenvalue weighted by molar-refractivity contribution is 8.71. The number of hydrogen-bond donors (Lipinski definition) is 1. The highest BCUT2D eigenvalue weighted by Crippen LogP contribution is 2.20. The minimum atomic E-state index is -3.27. The van der Waals surface area contributed by atoms with Crippen molar-refractivity contribution >= 4 is 19.8 Å². The maximum atomic E-state index is 11.8. The van der Waals surface area contributed by atoms with Crippen LogP contribution in [0.15, 0.2) is 29.2 Å². The third-order valence-corrected chi connectivity index (χ3v) is 4.91. The van der Waals surface area contributed by atoms with E-state index in [0.717, 1.165) is 16.5 Å². The van der Waals surface area contributed by atoms with Crippen molar-refractivity contribution in [1.29, 1.82) is 0 Å². The van der Waals surface area contributed by atoms with Crippen molar-refractivity contribution in [3.05, 3.63) is 29.8 Å². The Balaban J connectivity index is 2.67. The Morgan fingerprint density at radius 3 is 2.31 bits per heavy atom. The van der Waals surface area contributed by atoms with Gasteiger partial charge in [-0.15, -0.1) is 0 Å². The van der Waals surface area contributed by atoms with Gasteiger partial charge in [0.2, 0.25) is 8.87 Å². The quantitative estimate of drug-likeness (QED) is 0.652. The topological polar surface area (TPSA) is 46.2 Å². The number of rotatable bonds is 5. The van der Waals surface area contributed by atoms with Crippen LogP contribution in [0.3, 0.4) is 0 Å². The molecule has 1 N–H and O–H groups in total. The molecule has 1 rings (SSSR count). The summed E-state index contributed by atoms with van der Waals surface area (Å²) < 4.78 is 26.5. The zero-order chi connectivity index (χ0) is 12.2. The lowest BCUT2D eigenvalue weighted by atomic mass is 10.2. The summed E-state index contributed by atoms with van der Waals surface area (Å²) in [7, 11) is -2.48. The predicted molar refractivity (Wildman–Crippen MR) is 68.8 cm³/mol. The fourth-order valence-electron chi connectivity index (χ4n) is 1.03. The molecular formula is C11H17NO2S2. The van der Waals surface area contributed by atoms with Gasteiger partial charge in [0.25, 0.3) is 0 Å². The van der Waals surface area contributed by atoms with Crippen molar-refractivity contribution in [3.8, 4) is 0 Å². The normalized spacial score (nSPS) is 12.0. The lowest BCUT2D eigenvalue weighted by Crippen LogP contribution is -2.14. The van der Waals surface area contributed by atoms with E-state index in [1.807, 2.05) is 20.8 Å². The van der Waals surface area contributed by atoms with Crippen molar-refractivity contribution in [1.82, 2.24) is 4.72 Å². The van der Waals surface area contributed by atoms with E-state index in [0.29, 0.717) is 17.4 Å². The zero-order valence-corrected chi connectivity index (χ0v) is 11.4. The van der Waals surface area contributed by atoms with Crippen molar-refractivity contribution in [2.24, 2.45) is 5.92 Å². The lowest BCUT2D eigenvalue weighted by Gasteiger charge is -2.07. The minimum Gasteiger partial charge on any atom is -0.250 e. The third-order valence-electron chi connectivity index (χ3n) is 1.97. The molecule has 0 aliphatic heterocycles. The second-order valence-corrected chi connectivity index (χ2v) is 7.74. The second kappa shape index (κ2) is 5.70. The Bertz CT molecular complexity index is 424. The molecule has 0 aromatic heterocycles. The van der Waals surface area contributed by atoms with Crippen LogP contribution in [0.4, 0.5) is 0 Å². The molecule has 0 fully saturated rings. The summed E-state index contributed by atoms with van der Waals surface area (Å²) in [6.45, 7) is 6.68. The smallest absolute Gasteiger partial charge is 0.244 e. The van der Waals surface area contributed by atoms with Crippen LogP contribution in [0.5, 0.6) is 0 Å². The van der Waals surface area contributed by atoms with Gasteiger partial charge in [0.15, 0.2) is 0 Å². The summed E-state index contributed by atoms with van der Waals surface area (Å²) >= 11 is 0. The van der Waals surface area contributed by atoms with Crippen LogP contribution in [-0.4, -0.2) is 15.0 Å². The molecule has 0 amide bonds. The third kappa shape index (κ3) is 4.15. The first-order chi connectivity index (χ1) is 7.42. The van der Waals surface area contributed by atoms with E-state index in [1.165, 1.54) is 0 Å². The Kier molecular flexibility index (Phi) is 4.83. The fraction of sp³-hybridized carbons (Fsp3) is 0.455. The summed E-state index contributed by atoms with van der Waals surface area (Å²) in [6, 6.07) is 6.87. The van der Waals surface area contributed by atoms with Crippen LogP contribution in [-0.2, 0) is 8.87 Å². The van der Waals surface area contributed by atoms with E-state index < -0.39 is 8.87 Å². The number of benzene rings is 1. The van der Waals surface area contributed by atoms with Crippen LogP contribution < -0.4 is 4.72 Å². The Hall–Kier alpha value is -0.520. The van der Waals surface area contributed by atoms with Crippen LogP contribution in [0.1, 0.15) is 19.4 Å². The highest BCUT2D eigenvalue weighted by atomic mass is 33.1. The van der Waals surface area contributed by atoms with Gasteiger partial charge in [0.05, 0.1) is 15.9 Å². The fourth-order valence-corrected chi connectivity index (χ4v) is 3.45. The molecule has 0 spiro atoms. The molecule has 90 valence electrons. The lowest BCUT2D eigenvalue weighted by molar-refractivity contribution is 0.608. The van der Waals surface area contributed by atoms with Crippen molar-refractivity contribution in [2.75, 3.05) is 6.54 Å². The van der Waals surface area contributed by atoms with Crippen LogP contribution >= 0.6 is 11.0 Å². The second-order valence-electron chi connectivity index (χ2n) is 4.09. The molecule has 0 bridgehead atoms. The molecule has 0 unspecified atom stereocenters. The van der Waals surface area contributed by atoms with Gasteiger partial charge >= 0.3 is 0 Å². The first-order valence-corrected chi connectivity index (χ1v) is 7.96. The van der Waals surface area contributed by atoms with Gasteiger partial charge < -0.3 is 0 Å². The molecule has 0 heterocycles. The van der Waals surface area contributed by atoms with Gasteiger partial charge in [-0.1, -0.05) is 31.5 Å². The van der Waals surface area contributed by atoms with Crippen molar-refractivity contribution < 1.29 is 8.42 Å². The molecular weight excluding hydrogens is 242 g/mol. The molecule has 1 aromatic carbocycles. The first-order valence-electron chi connectivity index (χ1n) is 5.15. The number of aryl methyl sites for hydroxylation is 1. The summed E-state index contributed by atoms with van der Waals surface area (Å²) in [5, 5.41) is 0. The summed E-state index contributed by atoms with van der Waals surface area (Å²) in [5.74, 6) is 0.431. The van der Waals surface area contributed by atoms with Gasteiger partial charge in [-0.3, -0.25) is 4.72 Å². The maximum Gasteiger partial charge on any atom is 0.244 e. The molecule has 16 heavy (non-hydrogen) atoms. The van der Waals surface area contributed by atoms with Gasteiger partial charge in [-0.05, 0) is 25.0 Å². The zero-order valence-electron chi connectivity index (χ0n) is 9.73. The molecule has 0 saturated heterocycles. The highest BCUT2D eigenvalue weighted by Gasteiger charge is 2.14. The van der Waals surface area contributed by atoms with Gasteiger partial charge in [-0.25, -0.2) is 8.42 Å². The number of nitrogens with one attached hydrogen (secondary N) is 1. The maximum absolute atomic E-state index is 11.8. The van der Waals surface area contributed by atoms with E-state index in [4.69, 9.17) is 0 Å². The van der Waals surface area contributed by atoms with E-state index in [-0.39, 0.29) is 0 Å². The molecule has 0 aliphatic rings. The molecule has 0 aliphatic carbocycles. The molecule has 5 heteroatoms. The van der Waals surface area contributed by atoms with Crippen LogP contribution in [0, 0.1) is 12.8 Å². The van der Waals surface area contributed by atoms with Crippen LogP contribution in [0.2, 0.25) is 0 Å². The minimum absolute atomic E-state index is 0.347. The van der Waals surface area contributed by atoms with Gasteiger partial charge in [-0.2, -0.15) is 0 Å². The molecule has 1 aromatic rings. The van der Waals surface area contributed by atoms with E-state index in [1.54, 1.807) is 24.3 Å². The monoisotopic (exact) mass is 259 g/mol. The van der Waals surface area contributed by atoms with E-state index in [2.05, 4.69) is 4.72 Å². The van der Waals surface area contributed by atoms with E-state index >= 15 is 0 Å². The number of hydrogen-bond acceptors (Lipinski definition) is 4. The van der Waals surface area contributed by atoms with E-state index in [9.17, 15) is 8.42 Å². The van der Waals surface area contributed by atoms with Gasteiger partial charge in [0.1, 0.15) is 0 Å². The summed E-state index contributed by atoms with van der Waals surface area (Å²) in [4.78, 5) is 0.347. The Morgan fingerprint density at radius 1 is 1.25 bits per heavy atom. The first kappa shape index (κ1) is 13.5. The predicted octanol–water partition coefficient (Wildman–Crippen LogP) is 2.58. The molecule has 0 atom stereocenters. The largest absolute Gasteiger partial charge is 0.250 e. The van der Waals surface area contributed by atoms with Crippen molar-refractivity contribution in [2.45, 2.75) is 25.7 Å². The average molecular weight is 259 g/mol. The molecule has 0 saturated carbocycles. The SMILES string of the molecule is Cc1ccc(S(=O)(=O)SNCC(C)C)cc1. The van der Waals surface area contributed by atoms with Gasteiger partial charge in [0, 0.05) is 6.54 Å². The molecule has 0 radical (unpaired) electrons. The Labute approximate surface area is 101 Å². The summed E-state index contributed by atoms with van der Waals surface area (Å²) in [6.07, 6.45) is 0. The van der Waals surface area contributed by atoms with Crippen LogP contribution in [0.25, 0.3) is 0 Å².